The predicted molar refractivity (Wildman–Crippen MR) is 85.8 cm³/mol. The highest BCUT2D eigenvalue weighted by Crippen LogP contribution is 2.31. The summed E-state index contributed by atoms with van der Waals surface area (Å²) in [5.41, 5.74) is 4.78. The van der Waals surface area contributed by atoms with Crippen LogP contribution >= 0.6 is 0 Å². The number of amides is 2. The Bertz CT molecular complexity index is 561. The van der Waals surface area contributed by atoms with E-state index in [1.807, 2.05) is 11.8 Å². The number of nitrogens with one attached hydrogen (secondary N) is 2. The van der Waals surface area contributed by atoms with Gasteiger partial charge in [-0.15, -0.1) is 0 Å². The minimum Gasteiger partial charge on any atom is -0.368 e. The van der Waals surface area contributed by atoms with Crippen LogP contribution in [0.15, 0.2) is 30.5 Å². The Balaban J connectivity index is 1.64. The monoisotopic (exact) mass is 286 g/mol. The second-order valence-electron chi connectivity index (χ2n) is 5.56. The summed E-state index contributed by atoms with van der Waals surface area (Å²) in [6.45, 7) is 9.91. The number of rotatable bonds is 2. The molecule has 112 valence electrons. The molecule has 0 bridgehead atoms. The van der Waals surface area contributed by atoms with Crippen LogP contribution < -0.4 is 15.5 Å². The number of allylic oxidation sites excluding steroid dienone is 1. The summed E-state index contributed by atoms with van der Waals surface area (Å²) in [5.74, 6) is 0. The topological polar surface area (TPSA) is 47.6 Å². The molecule has 0 saturated carbocycles. The van der Waals surface area contributed by atoms with E-state index in [2.05, 4.69) is 40.3 Å². The summed E-state index contributed by atoms with van der Waals surface area (Å²) >= 11 is 0. The van der Waals surface area contributed by atoms with E-state index in [1.54, 1.807) is 0 Å². The molecule has 1 saturated heterocycles. The Morgan fingerprint density at radius 1 is 1.33 bits per heavy atom. The average molecular weight is 286 g/mol. The molecule has 2 aliphatic rings. The van der Waals surface area contributed by atoms with Crippen molar-refractivity contribution in [3.05, 3.63) is 36.0 Å². The third kappa shape index (κ3) is 2.82. The van der Waals surface area contributed by atoms with Crippen LogP contribution in [0.1, 0.15) is 12.5 Å². The van der Waals surface area contributed by atoms with Crippen LogP contribution in [-0.2, 0) is 6.42 Å². The Labute approximate surface area is 125 Å². The smallest absolute Gasteiger partial charge is 0.317 e. The van der Waals surface area contributed by atoms with Gasteiger partial charge in [0.1, 0.15) is 0 Å². The van der Waals surface area contributed by atoms with E-state index < -0.39 is 0 Å². The molecular formula is C16H22N4O. The maximum absolute atomic E-state index is 11.8. The third-order valence-corrected chi connectivity index (χ3v) is 4.06. The van der Waals surface area contributed by atoms with E-state index in [4.69, 9.17) is 0 Å². The number of carbonyl (C=O) groups excluding carboxylic acids is 1. The molecule has 3 rings (SSSR count). The Hall–Kier alpha value is -2.17. The molecule has 2 amide bonds. The van der Waals surface area contributed by atoms with E-state index in [1.165, 1.54) is 16.9 Å². The molecule has 5 nitrogen and oxygen atoms in total. The quantitative estimate of drug-likeness (QED) is 0.874. The minimum atomic E-state index is 0.0478. The van der Waals surface area contributed by atoms with Gasteiger partial charge in [0, 0.05) is 56.2 Å². The lowest BCUT2D eigenvalue weighted by Gasteiger charge is -2.36. The molecule has 5 heteroatoms. The number of nitrogens with zero attached hydrogens (tertiary/aromatic N) is 2. The lowest BCUT2D eigenvalue weighted by Crippen LogP contribution is -2.51. The average Bonchev–Trinajstić information content (AvgIpc) is 2.86. The fraction of sp³-hybridized carbons (Fsp3) is 0.438. The molecule has 2 aliphatic heterocycles. The van der Waals surface area contributed by atoms with Crippen LogP contribution in [0, 0.1) is 0 Å². The number of fused-ring (bicyclic) bond motifs is 1. The molecule has 0 atom stereocenters. The molecule has 1 fully saturated rings. The molecule has 0 spiro atoms. The molecule has 2 N–H and O–H groups in total. The zero-order valence-electron chi connectivity index (χ0n) is 12.5. The number of hydrogen-bond donors (Lipinski definition) is 2. The summed E-state index contributed by atoms with van der Waals surface area (Å²) in [5, 5.41) is 6.15. The standard InChI is InChI=1S/C16H22N4O/c1-3-17-16(21)20-8-6-19(7-9-20)14-4-5-15-13(11-14)10-12(2)18-15/h4-5,11,18H,2-3,6-10H2,1H3,(H,17,21). The molecule has 0 unspecified atom stereocenters. The molecule has 2 heterocycles. The zero-order valence-corrected chi connectivity index (χ0v) is 12.5. The fourth-order valence-corrected chi connectivity index (χ4v) is 2.94. The highest BCUT2D eigenvalue weighted by Gasteiger charge is 2.22. The van der Waals surface area contributed by atoms with Gasteiger partial charge in [0.15, 0.2) is 0 Å². The first-order valence-corrected chi connectivity index (χ1v) is 7.53. The third-order valence-electron chi connectivity index (χ3n) is 4.06. The van der Waals surface area contributed by atoms with E-state index in [0.717, 1.165) is 38.3 Å². The largest absolute Gasteiger partial charge is 0.368 e. The highest BCUT2D eigenvalue weighted by atomic mass is 16.2. The molecule has 21 heavy (non-hydrogen) atoms. The van der Waals surface area contributed by atoms with Crippen molar-refractivity contribution in [1.29, 1.82) is 0 Å². The lowest BCUT2D eigenvalue weighted by molar-refractivity contribution is 0.195. The first-order valence-electron chi connectivity index (χ1n) is 7.53. The predicted octanol–water partition coefficient (Wildman–Crippen LogP) is 2.02. The van der Waals surface area contributed by atoms with Crippen LogP contribution in [0.3, 0.4) is 0 Å². The SMILES string of the molecule is C=C1Cc2cc(N3CCN(C(=O)NCC)CC3)ccc2N1. The highest BCUT2D eigenvalue weighted by molar-refractivity contribution is 5.74. The van der Waals surface area contributed by atoms with Crippen LogP contribution in [0.2, 0.25) is 0 Å². The number of carbonyl (C=O) groups is 1. The Kier molecular flexibility index (Phi) is 3.73. The summed E-state index contributed by atoms with van der Waals surface area (Å²) in [6, 6.07) is 6.56. The first-order chi connectivity index (χ1) is 10.2. The Morgan fingerprint density at radius 3 is 2.81 bits per heavy atom. The summed E-state index contributed by atoms with van der Waals surface area (Å²) in [6.07, 6.45) is 0.905. The van der Waals surface area contributed by atoms with Crippen molar-refractivity contribution < 1.29 is 4.79 Å². The second kappa shape index (κ2) is 5.68. The maximum atomic E-state index is 11.8. The second-order valence-corrected chi connectivity index (χ2v) is 5.56. The Morgan fingerprint density at radius 2 is 2.10 bits per heavy atom. The van der Waals surface area contributed by atoms with Crippen LogP contribution in [0.5, 0.6) is 0 Å². The van der Waals surface area contributed by atoms with Gasteiger partial charge in [-0.05, 0) is 30.7 Å². The lowest BCUT2D eigenvalue weighted by atomic mass is 10.1. The van der Waals surface area contributed by atoms with Gasteiger partial charge in [-0.25, -0.2) is 4.79 Å². The summed E-state index contributed by atoms with van der Waals surface area (Å²) in [4.78, 5) is 16.0. The normalized spacial score (nSPS) is 17.5. The van der Waals surface area contributed by atoms with Gasteiger partial charge in [-0.2, -0.15) is 0 Å². The van der Waals surface area contributed by atoms with Gasteiger partial charge in [0.2, 0.25) is 0 Å². The maximum Gasteiger partial charge on any atom is 0.317 e. The number of anilines is 2. The van der Waals surface area contributed by atoms with Crippen molar-refractivity contribution >= 4 is 17.4 Å². The van der Waals surface area contributed by atoms with Gasteiger partial charge in [-0.1, -0.05) is 6.58 Å². The van der Waals surface area contributed by atoms with Crippen LogP contribution in [0.25, 0.3) is 0 Å². The van der Waals surface area contributed by atoms with Crippen molar-refractivity contribution in [3.63, 3.8) is 0 Å². The molecule has 0 aliphatic carbocycles. The summed E-state index contributed by atoms with van der Waals surface area (Å²) < 4.78 is 0. The van der Waals surface area contributed by atoms with Gasteiger partial charge in [-0.3, -0.25) is 0 Å². The molecule has 0 radical (unpaired) electrons. The molecule has 1 aromatic rings. The minimum absolute atomic E-state index is 0.0478. The van der Waals surface area contributed by atoms with E-state index in [0.29, 0.717) is 6.54 Å². The van der Waals surface area contributed by atoms with Crippen molar-refractivity contribution in [2.75, 3.05) is 42.9 Å². The molecule has 0 aromatic heterocycles. The van der Waals surface area contributed by atoms with Gasteiger partial charge >= 0.3 is 6.03 Å². The van der Waals surface area contributed by atoms with Gasteiger partial charge in [0.25, 0.3) is 0 Å². The molecule has 1 aromatic carbocycles. The molecular weight excluding hydrogens is 264 g/mol. The van der Waals surface area contributed by atoms with Gasteiger partial charge in [0.05, 0.1) is 0 Å². The zero-order chi connectivity index (χ0) is 14.8. The first kappa shape index (κ1) is 13.8. The van der Waals surface area contributed by atoms with Crippen LogP contribution in [-0.4, -0.2) is 43.7 Å². The van der Waals surface area contributed by atoms with E-state index >= 15 is 0 Å². The van der Waals surface area contributed by atoms with Crippen molar-refractivity contribution in [3.8, 4) is 0 Å². The number of hydrogen-bond acceptors (Lipinski definition) is 3. The van der Waals surface area contributed by atoms with Gasteiger partial charge < -0.3 is 20.4 Å². The number of urea groups is 1. The van der Waals surface area contributed by atoms with Crippen LogP contribution in [0.4, 0.5) is 16.2 Å². The number of benzene rings is 1. The van der Waals surface area contributed by atoms with Crippen molar-refractivity contribution in [2.24, 2.45) is 0 Å². The van der Waals surface area contributed by atoms with Crippen molar-refractivity contribution in [2.45, 2.75) is 13.3 Å². The van der Waals surface area contributed by atoms with Crippen molar-refractivity contribution in [1.82, 2.24) is 10.2 Å². The summed E-state index contributed by atoms with van der Waals surface area (Å²) in [7, 11) is 0. The number of piperazine rings is 1. The van der Waals surface area contributed by atoms with E-state index in [-0.39, 0.29) is 6.03 Å². The fourth-order valence-electron chi connectivity index (χ4n) is 2.94. The van der Waals surface area contributed by atoms with E-state index in [9.17, 15) is 4.79 Å².